The van der Waals surface area contributed by atoms with Gasteiger partial charge < -0.3 is 9.64 Å². The predicted octanol–water partition coefficient (Wildman–Crippen LogP) is 2.26. The second-order valence-corrected chi connectivity index (χ2v) is 5.05. The van der Waals surface area contributed by atoms with Crippen molar-refractivity contribution >= 4 is 5.69 Å². The molecule has 1 saturated heterocycles. The van der Waals surface area contributed by atoms with E-state index in [4.69, 9.17) is 10.00 Å². The van der Waals surface area contributed by atoms with Crippen LogP contribution in [-0.4, -0.2) is 44.2 Å². The van der Waals surface area contributed by atoms with E-state index in [1.165, 1.54) is 13.2 Å². The lowest BCUT2D eigenvalue weighted by molar-refractivity contribution is 0.199. The van der Waals surface area contributed by atoms with Crippen LogP contribution in [-0.2, 0) is 0 Å². The predicted molar refractivity (Wildman–Crippen MR) is 76.4 cm³/mol. The maximum atomic E-state index is 13.4. The van der Waals surface area contributed by atoms with Crippen LogP contribution in [0.2, 0.25) is 0 Å². The van der Waals surface area contributed by atoms with Crippen LogP contribution < -0.4 is 9.64 Å². The van der Waals surface area contributed by atoms with E-state index in [0.717, 1.165) is 31.9 Å². The molecule has 0 aliphatic carbocycles. The number of halogens is 1. The maximum Gasteiger partial charge on any atom is 0.165 e. The molecule has 0 N–H and O–H groups in total. The quantitative estimate of drug-likeness (QED) is 0.846. The third kappa shape index (κ3) is 3.20. The Bertz CT molecular complexity index is 492. The molecule has 4 nitrogen and oxygen atoms in total. The van der Waals surface area contributed by atoms with Crippen molar-refractivity contribution in [1.82, 2.24) is 4.90 Å². The zero-order chi connectivity index (χ0) is 14.5. The summed E-state index contributed by atoms with van der Waals surface area (Å²) >= 11 is 0. The molecule has 108 valence electrons. The number of piperazine rings is 1. The van der Waals surface area contributed by atoms with E-state index in [1.54, 1.807) is 12.1 Å². The first kappa shape index (κ1) is 14.6. The molecule has 1 aliphatic heterocycles. The lowest BCUT2D eigenvalue weighted by Gasteiger charge is -2.38. The molecule has 1 aromatic rings. The van der Waals surface area contributed by atoms with Crippen molar-refractivity contribution in [3.63, 3.8) is 0 Å². The molecule has 1 aliphatic rings. The molecule has 1 fully saturated rings. The topological polar surface area (TPSA) is 39.5 Å². The molecule has 0 bridgehead atoms. The Balaban J connectivity index is 1.99. The van der Waals surface area contributed by atoms with Gasteiger partial charge >= 0.3 is 0 Å². The van der Waals surface area contributed by atoms with Crippen molar-refractivity contribution in [2.24, 2.45) is 0 Å². The summed E-state index contributed by atoms with van der Waals surface area (Å²) in [5, 5.41) is 8.74. The minimum absolute atomic E-state index is 0.280. The summed E-state index contributed by atoms with van der Waals surface area (Å²) < 4.78 is 18.4. The van der Waals surface area contributed by atoms with Crippen molar-refractivity contribution in [3.8, 4) is 11.8 Å². The van der Waals surface area contributed by atoms with E-state index in [9.17, 15) is 4.39 Å². The van der Waals surface area contributed by atoms with Gasteiger partial charge in [0.05, 0.1) is 19.6 Å². The van der Waals surface area contributed by atoms with E-state index >= 15 is 0 Å². The van der Waals surface area contributed by atoms with Crippen LogP contribution in [0.5, 0.6) is 5.75 Å². The van der Waals surface area contributed by atoms with Crippen LogP contribution in [0.3, 0.4) is 0 Å². The summed E-state index contributed by atoms with van der Waals surface area (Å²) in [5.41, 5.74) is 0.982. The normalized spacial score (nSPS) is 17.6. The molecule has 0 amide bonds. The number of methoxy groups -OCH3 is 1. The van der Waals surface area contributed by atoms with Gasteiger partial charge in [0, 0.05) is 44.0 Å². The van der Waals surface area contributed by atoms with E-state index in [1.807, 2.05) is 0 Å². The highest BCUT2D eigenvalue weighted by atomic mass is 19.1. The summed E-state index contributed by atoms with van der Waals surface area (Å²) in [6.45, 7) is 5.68. The number of ether oxygens (including phenoxy) is 1. The largest absolute Gasteiger partial charge is 0.494 e. The fraction of sp³-hybridized carbons (Fsp3) is 0.533. The molecule has 2 rings (SSSR count). The Labute approximate surface area is 119 Å². The molecular weight excluding hydrogens is 257 g/mol. The van der Waals surface area contributed by atoms with Gasteiger partial charge in [-0.25, -0.2) is 4.39 Å². The Morgan fingerprint density at radius 1 is 1.35 bits per heavy atom. The number of rotatable bonds is 4. The molecular formula is C15H20FN3O. The van der Waals surface area contributed by atoms with Gasteiger partial charge in [-0.05, 0) is 19.1 Å². The van der Waals surface area contributed by atoms with Gasteiger partial charge in [0.15, 0.2) is 11.6 Å². The summed E-state index contributed by atoms with van der Waals surface area (Å²) in [6, 6.07) is 7.48. The lowest BCUT2D eigenvalue weighted by Crippen LogP contribution is -2.49. The van der Waals surface area contributed by atoms with Crippen LogP contribution >= 0.6 is 0 Å². The Morgan fingerprint density at radius 2 is 2.05 bits per heavy atom. The maximum absolute atomic E-state index is 13.4. The fourth-order valence-corrected chi connectivity index (χ4v) is 2.53. The van der Waals surface area contributed by atoms with Crippen molar-refractivity contribution in [1.29, 1.82) is 5.26 Å². The molecule has 20 heavy (non-hydrogen) atoms. The van der Waals surface area contributed by atoms with Gasteiger partial charge in [-0.15, -0.1) is 0 Å². The summed E-state index contributed by atoms with van der Waals surface area (Å²) in [6.07, 6.45) is 0.560. The van der Waals surface area contributed by atoms with E-state index in [-0.39, 0.29) is 11.6 Å². The van der Waals surface area contributed by atoms with E-state index in [2.05, 4.69) is 22.8 Å². The smallest absolute Gasteiger partial charge is 0.165 e. The first-order valence-electron chi connectivity index (χ1n) is 6.85. The molecule has 0 spiro atoms. The number of hydrogen-bond donors (Lipinski definition) is 0. The average Bonchev–Trinajstić information content (AvgIpc) is 2.48. The number of nitrogens with zero attached hydrogens (tertiary/aromatic N) is 3. The Hall–Kier alpha value is -1.80. The van der Waals surface area contributed by atoms with Crippen LogP contribution in [0.4, 0.5) is 10.1 Å². The number of benzene rings is 1. The Kier molecular flexibility index (Phi) is 4.80. The summed E-state index contributed by atoms with van der Waals surface area (Å²) in [4.78, 5) is 4.54. The van der Waals surface area contributed by atoms with E-state index < -0.39 is 0 Å². The van der Waals surface area contributed by atoms with Gasteiger partial charge in [-0.2, -0.15) is 5.26 Å². The molecule has 0 radical (unpaired) electrons. The zero-order valence-corrected chi connectivity index (χ0v) is 12.0. The number of nitriles is 1. The molecule has 1 heterocycles. The third-order valence-corrected chi connectivity index (χ3v) is 3.82. The van der Waals surface area contributed by atoms with Crippen LogP contribution in [0.15, 0.2) is 18.2 Å². The van der Waals surface area contributed by atoms with Crippen LogP contribution in [0.1, 0.15) is 13.3 Å². The molecule has 0 unspecified atom stereocenters. The van der Waals surface area contributed by atoms with Crippen molar-refractivity contribution in [3.05, 3.63) is 24.0 Å². The second kappa shape index (κ2) is 6.58. The van der Waals surface area contributed by atoms with Gasteiger partial charge in [-0.1, -0.05) is 0 Å². The first-order chi connectivity index (χ1) is 9.65. The fourth-order valence-electron chi connectivity index (χ4n) is 2.53. The van der Waals surface area contributed by atoms with Gasteiger partial charge in [0.25, 0.3) is 0 Å². The van der Waals surface area contributed by atoms with Crippen LogP contribution in [0.25, 0.3) is 0 Å². The Morgan fingerprint density at radius 3 is 2.65 bits per heavy atom. The molecule has 1 aromatic carbocycles. The van der Waals surface area contributed by atoms with Crippen molar-refractivity contribution in [2.45, 2.75) is 19.4 Å². The first-order valence-corrected chi connectivity index (χ1v) is 6.85. The van der Waals surface area contributed by atoms with E-state index in [0.29, 0.717) is 12.5 Å². The highest BCUT2D eigenvalue weighted by Crippen LogP contribution is 2.25. The highest BCUT2D eigenvalue weighted by Gasteiger charge is 2.21. The minimum atomic E-state index is -0.336. The molecule has 1 atom stereocenters. The standard InChI is InChI=1S/C15H20FN3O/c1-12(5-6-17)18-7-9-19(10-8-18)13-3-4-14(16)15(11-13)20-2/h3-4,11-12H,5,7-10H2,1-2H3/t12-/m1/s1. The zero-order valence-electron chi connectivity index (χ0n) is 12.0. The van der Waals surface area contributed by atoms with Crippen molar-refractivity contribution < 1.29 is 9.13 Å². The number of anilines is 1. The molecule has 0 saturated carbocycles. The number of hydrogen-bond acceptors (Lipinski definition) is 4. The molecule has 5 heteroatoms. The minimum Gasteiger partial charge on any atom is -0.494 e. The van der Waals surface area contributed by atoms with Crippen LogP contribution in [0, 0.1) is 17.1 Å². The van der Waals surface area contributed by atoms with Gasteiger partial charge in [0.1, 0.15) is 0 Å². The average molecular weight is 277 g/mol. The van der Waals surface area contributed by atoms with Crippen molar-refractivity contribution in [2.75, 3.05) is 38.2 Å². The molecule has 0 aromatic heterocycles. The highest BCUT2D eigenvalue weighted by molar-refractivity contribution is 5.51. The third-order valence-electron chi connectivity index (χ3n) is 3.82. The van der Waals surface area contributed by atoms with Gasteiger partial charge in [-0.3, -0.25) is 4.90 Å². The summed E-state index contributed by atoms with van der Waals surface area (Å²) in [7, 11) is 1.48. The monoisotopic (exact) mass is 277 g/mol. The summed E-state index contributed by atoms with van der Waals surface area (Å²) in [5.74, 6) is -0.0553. The SMILES string of the molecule is COc1cc(N2CCN([C@H](C)CC#N)CC2)ccc1F. The second-order valence-electron chi connectivity index (χ2n) is 5.05. The lowest BCUT2D eigenvalue weighted by atomic mass is 10.1. The van der Waals surface area contributed by atoms with Gasteiger partial charge in [0.2, 0.25) is 0 Å².